The van der Waals surface area contributed by atoms with Crippen LogP contribution in [0.4, 0.5) is 11.5 Å². The van der Waals surface area contributed by atoms with Crippen LogP contribution in [0.2, 0.25) is 0 Å². The maximum Gasteiger partial charge on any atom is 0.312 e. The van der Waals surface area contributed by atoms with Crippen molar-refractivity contribution in [3.05, 3.63) is 26.9 Å². The molecular formula is C14H22BrN3O2. The zero-order valence-electron chi connectivity index (χ0n) is 12.3. The smallest absolute Gasteiger partial charge is 0.312 e. The molecule has 1 aromatic heterocycles. The summed E-state index contributed by atoms with van der Waals surface area (Å²) >= 11 is 3.20. The van der Waals surface area contributed by atoms with Gasteiger partial charge in [0.05, 0.1) is 4.92 Å². The summed E-state index contributed by atoms with van der Waals surface area (Å²) in [5.74, 6) is 0.335. The second-order valence-corrected chi connectivity index (χ2v) is 6.67. The van der Waals surface area contributed by atoms with Gasteiger partial charge in [0.25, 0.3) is 0 Å². The van der Waals surface area contributed by atoms with Crippen molar-refractivity contribution < 1.29 is 4.92 Å². The average molecular weight is 344 g/mol. The third kappa shape index (κ3) is 5.45. The summed E-state index contributed by atoms with van der Waals surface area (Å²) in [5, 5.41) is 14.1. The topological polar surface area (TPSA) is 68.1 Å². The van der Waals surface area contributed by atoms with Gasteiger partial charge in [-0.1, -0.05) is 40.0 Å². The van der Waals surface area contributed by atoms with E-state index in [4.69, 9.17) is 0 Å². The van der Waals surface area contributed by atoms with Crippen molar-refractivity contribution >= 4 is 27.4 Å². The van der Waals surface area contributed by atoms with Gasteiger partial charge in [0.15, 0.2) is 0 Å². The molecule has 6 heteroatoms. The number of anilines is 1. The Morgan fingerprint density at radius 1 is 1.45 bits per heavy atom. The molecule has 0 fully saturated rings. The molecule has 0 atom stereocenters. The van der Waals surface area contributed by atoms with Crippen LogP contribution in [0.5, 0.6) is 0 Å². The van der Waals surface area contributed by atoms with Crippen LogP contribution in [0, 0.1) is 15.5 Å². The number of hydrogen-bond donors (Lipinski definition) is 1. The molecule has 0 saturated carbocycles. The second-order valence-electron chi connectivity index (χ2n) is 5.75. The number of halogens is 1. The fraction of sp³-hybridized carbons (Fsp3) is 0.643. The first kappa shape index (κ1) is 16.9. The fourth-order valence-electron chi connectivity index (χ4n) is 1.97. The molecule has 0 saturated heterocycles. The predicted octanol–water partition coefficient (Wildman–Crippen LogP) is 4.77. The molecule has 1 heterocycles. The first-order chi connectivity index (χ1) is 9.35. The van der Waals surface area contributed by atoms with Crippen molar-refractivity contribution in [1.29, 1.82) is 0 Å². The van der Waals surface area contributed by atoms with E-state index in [1.807, 2.05) is 0 Å². The lowest BCUT2D eigenvalue weighted by atomic mass is 9.87. The minimum Gasteiger partial charge on any atom is -0.364 e. The summed E-state index contributed by atoms with van der Waals surface area (Å²) in [4.78, 5) is 14.7. The van der Waals surface area contributed by atoms with Crippen molar-refractivity contribution in [3.63, 3.8) is 0 Å². The quantitative estimate of drug-likeness (QED) is 0.419. The summed E-state index contributed by atoms with van der Waals surface area (Å²) in [6.45, 7) is 7.19. The highest BCUT2D eigenvalue weighted by Crippen LogP contribution is 2.28. The monoisotopic (exact) mass is 343 g/mol. The van der Waals surface area contributed by atoms with Gasteiger partial charge in [0.1, 0.15) is 0 Å². The first-order valence-corrected chi connectivity index (χ1v) is 7.69. The largest absolute Gasteiger partial charge is 0.364 e. The van der Waals surface area contributed by atoms with Crippen LogP contribution in [-0.4, -0.2) is 16.5 Å². The number of nitrogens with zero attached hydrogens (tertiary/aromatic N) is 2. The van der Waals surface area contributed by atoms with Crippen molar-refractivity contribution in [2.75, 3.05) is 11.9 Å². The molecule has 0 radical (unpaired) electrons. The second kappa shape index (κ2) is 7.57. The summed E-state index contributed by atoms with van der Waals surface area (Å²) < 4.78 is 0.608. The van der Waals surface area contributed by atoms with E-state index in [0.717, 1.165) is 6.42 Å². The Morgan fingerprint density at radius 2 is 2.15 bits per heavy atom. The molecule has 0 aromatic carbocycles. The summed E-state index contributed by atoms with van der Waals surface area (Å²) in [7, 11) is 0. The van der Waals surface area contributed by atoms with E-state index >= 15 is 0 Å². The SMILES string of the molecule is CCCCCC(C)(C)CNc1ncc(Br)cc1[N+](=O)[O-]. The molecule has 1 N–H and O–H groups in total. The minimum absolute atomic E-state index is 0.00346. The van der Waals surface area contributed by atoms with Gasteiger partial charge < -0.3 is 5.32 Å². The van der Waals surface area contributed by atoms with Crippen LogP contribution < -0.4 is 5.32 Å². The zero-order valence-corrected chi connectivity index (χ0v) is 13.9. The number of hydrogen-bond acceptors (Lipinski definition) is 4. The lowest BCUT2D eigenvalue weighted by Crippen LogP contribution is -2.23. The van der Waals surface area contributed by atoms with Crippen LogP contribution in [0.15, 0.2) is 16.7 Å². The van der Waals surface area contributed by atoms with Crippen molar-refractivity contribution in [3.8, 4) is 0 Å². The van der Waals surface area contributed by atoms with E-state index in [2.05, 4.69) is 47.0 Å². The third-order valence-electron chi connectivity index (χ3n) is 3.22. The lowest BCUT2D eigenvalue weighted by molar-refractivity contribution is -0.384. The van der Waals surface area contributed by atoms with Crippen LogP contribution in [0.3, 0.4) is 0 Å². The van der Waals surface area contributed by atoms with E-state index in [9.17, 15) is 10.1 Å². The van der Waals surface area contributed by atoms with Gasteiger partial charge in [0.2, 0.25) is 5.82 Å². The highest BCUT2D eigenvalue weighted by molar-refractivity contribution is 9.10. The molecule has 0 spiro atoms. The first-order valence-electron chi connectivity index (χ1n) is 6.89. The normalized spacial score (nSPS) is 11.4. The molecule has 112 valence electrons. The number of pyridine rings is 1. The van der Waals surface area contributed by atoms with Crippen molar-refractivity contribution in [2.45, 2.75) is 46.5 Å². The van der Waals surface area contributed by atoms with Gasteiger partial charge in [-0.2, -0.15) is 0 Å². The number of nitro groups is 1. The molecule has 0 aliphatic heterocycles. The van der Waals surface area contributed by atoms with Gasteiger partial charge in [-0.05, 0) is 27.8 Å². The maximum absolute atomic E-state index is 11.0. The van der Waals surface area contributed by atoms with Crippen LogP contribution in [0.25, 0.3) is 0 Å². The molecule has 0 bridgehead atoms. The van der Waals surface area contributed by atoms with E-state index in [0.29, 0.717) is 16.8 Å². The van der Waals surface area contributed by atoms with Crippen LogP contribution in [0.1, 0.15) is 46.5 Å². The van der Waals surface area contributed by atoms with Crippen molar-refractivity contribution in [1.82, 2.24) is 4.98 Å². The Morgan fingerprint density at radius 3 is 2.75 bits per heavy atom. The number of rotatable bonds is 8. The number of unbranched alkanes of at least 4 members (excludes halogenated alkanes) is 2. The molecule has 1 rings (SSSR count). The molecule has 0 unspecified atom stereocenters. The standard InChI is InChI=1S/C14H22BrN3O2/c1-4-5-6-7-14(2,3)10-17-13-12(18(19)20)8-11(15)9-16-13/h8-9H,4-7,10H2,1-3H3,(H,16,17). The molecular weight excluding hydrogens is 322 g/mol. The van der Waals surface area contributed by atoms with Gasteiger partial charge in [-0.15, -0.1) is 0 Å². The van der Waals surface area contributed by atoms with E-state index in [-0.39, 0.29) is 11.1 Å². The Bertz CT molecular complexity index is 464. The highest BCUT2D eigenvalue weighted by atomic mass is 79.9. The average Bonchev–Trinajstić information content (AvgIpc) is 2.37. The molecule has 5 nitrogen and oxygen atoms in total. The Hall–Kier alpha value is -1.17. The predicted molar refractivity (Wildman–Crippen MR) is 85.0 cm³/mol. The third-order valence-corrected chi connectivity index (χ3v) is 3.66. The van der Waals surface area contributed by atoms with E-state index in [1.54, 1.807) is 6.20 Å². The van der Waals surface area contributed by atoms with E-state index < -0.39 is 4.92 Å². The summed E-state index contributed by atoms with van der Waals surface area (Å²) in [5.41, 5.74) is 0.0985. The fourth-order valence-corrected chi connectivity index (χ4v) is 2.29. The minimum atomic E-state index is -0.413. The summed E-state index contributed by atoms with van der Waals surface area (Å²) in [6, 6.07) is 1.47. The van der Waals surface area contributed by atoms with Crippen LogP contribution >= 0.6 is 15.9 Å². The Kier molecular flexibility index (Phi) is 6.39. The molecule has 1 aromatic rings. The van der Waals surface area contributed by atoms with Crippen molar-refractivity contribution in [2.24, 2.45) is 5.41 Å². The molecule has 20 heavy (non-hydrogen) atoms. The van der Waals surface area contributed by atoms with Gasteiger partial charge >= 0.3 is 5.69 Å². The molecule has 0 aliphatic carbocycles. The molecule has 0 amide bonds. The molecule has 0 aliphatic rings. The summed E-state index contributed by atoms with van der Waals surface area (Å²) in [6.07, 6.45) is 6.27. The zero-order chi connectivity index (χ0) is 15.2. The van der Waals surface area contributed by atoms with Gasteiger partial charge in [-0.3, -0.25) is 10.1 Å². The van der Waals surface area contributed by atoms with Crippen LogP contribution in [-0.2, 0) is 0 Å². The van der Waals surface area contributed by atoms with Gasteiger partial charge in [0, 0.05) is 23.3 Å². The number of aromatic nitrogens is 1. The van der Waals surface area contributed by atoms with E-state index in [1.165, 1.54) is 25.3 Å². The lowest BCUT2D eigenvalue weighted by Gasteiger charge is -2.25. The Balaban J connectivity index is 2.67. The Labute approximate surface area is 128 Å². The maximum atomic E-state index is 11.0. The van der Waals surface area contributed by atoms with Gasteiger partial charge in [-0.25, -0.2) is 4.98 Å². The highest BCUT2D eigenvalue weighted by Gasteiger charge is 2.21. The number of nitrogens with one attached hydrogen (secondary N) is 1.